The summed E-state index contributed by atoms with van der Waals surface area (Å²) in [4.78, 5) is 71.8. The number of aromatic amines is 2. The summed E-state index contributed by atoms with van der Waals surface area (Å²) in [6.07, 6.45) is 7.68. The number of H-pyrrole nitrogens is 2. The molecule has 6 rings (SSSR count). The number of nitrogens with one attached hydrogen (secondary N) is 6. The molecule has 0 spiro atoms. The number of benzene rings is 2. The van der Waals surface area contributed by atoms with E-state index in [1.54, 1.807) is 0 Å². The molecule has 2 heterocycles. The first kappa shape index (κ1) is 53.7. The fourth-order valence-electron chi connectivity index (χ4n) is 9.38. The SMILES string of the molecule is CC1(C)CCC(NC(=O)OC(C)(C)C)(C(=O)N[C@H](c2nc(-c3ccc(-c4ccc(-c5c[nH]c([C@@H](NC(=O)C6(NC(=O)OC(C)(C)C)CCC(C)(C)CC6)C(C)(C)C)n5)cc4)cc3)c[nH]2)C(C)(C)C)CC1. The molecule has 0 radical (unpaired) electrons. The van der Waals surface area contributed by atoms with Gasteiger partial charge in [0.1, 0.15) is 33.9 Å². The molecule has 0 unspecified atom stereocenters. The topological polar surface area (TPSA) is 192 Å². The van der Waals surface area contributed by atoms with Crippen molar-refractivity contribution in [2.75, 3.05) is 0 Å². The van der Waals surface area contributed by atoms with Gasteiger partial charge >= 0.3 is 12.2 Å². The summed E-state index contributed by atoms with van der Waals surface area (Å²) in [6.45, 7) is 32.1. The summed E-state index contributed by atoms with van der Waals surface area (Å²) in [6, 6.07) is 15.5. The molecule has 6 N–H and O–H groups in total. The molecule has 0 saturated heterocycles. The standard InChI is InChI=1S/C56H82N8O6/c1-49(2,3)41(61-45(65)55(29-25-53(13,14)26-30-55)63-47(67)69-51(7,8)9)43-57-33-39(59-43)37-21-17-35(18-22-37)36-19-23-38(24-20-36)40-34-58-44(60-40)42(50(4,5)6)62-46(66)56(31-27-54(15,16)28-32-56)64-48(68)70-52(10,11)12/h17-24,33-34,41-42H,25-32H2,1-16H3,(H,57,59)(H,58,60)(H,61,65)(H,62,66)(H,63,67)(H,64,68)/t41-,42-/m1/s1. The van der Waals surface area contributed by atoms with Gasteiger partial charge in [-0.15, -0.1) is 0 Å². The highest BCUT2D eigenvalue weighted by atomic mass is 16.6. The predicted octanol–water partition coefficient (Wildman–Crippen LogP) is 12.3. The van der Waals surface area contributed by atoms with Gasteiger partial charge in [-0.05, 0) is 126 Å². The number of amides is 4. The van der Waals surface area contributed by atoms with Gasteiger partial charge in [0.05, 0.1) is 23.5 Å². The number of hydrogen-bond acceptors (Lipinski definition) is 8. The lowest BCUT2D eigenvalue weighted by molar-refractivity contribution is -0.132. The summed E-state index contributed by atoms with van der Waals surface area (Å²) >= 11 is 0. The average molecular weight is 963 g/mol. The monoisotopic (exact) mass is 963 g/mol. The number of imidazole rings is 2. The van der Waals surface area contributed by atoms with E-state index in [2.05, 4.69) is 125 Å². The van der Waals surface area contributed by atoms with Crippen LogP contribution in [0.1, 0.15) is 186 Å². The Bertz CT molecular complexity index is 2300. The Morgan fingerprint density at radius 3 is 1.04 bits per heavy atom. The zero-order valence-corrected chi connectivity index (χ0v) is 44.9. The van der Waals surface area contributed by atoms with Crippen molar-refractivity contribution in [3.63, 3.8) is 0 Å². The van der Waals surface area contributed by atoms with Crippen LogP contribution in [0.4, 0.5) is 9.59 Å². The largest absolute Gasteiger partial charge is 0.444 e. The maximum Gasteiger partial charge on any atom is 0.408 e. The Morgan fingerprint density at radius 1 is 0.486 bits per heavy atom. The number of hydrogen-bond donors (Lipinski definition) is 6. The molecule has 0 aliphatic heterocycles. The van der Waals surface area contributed by atoms with Crippen molar-refractivity contribution < 1.29 is 28.7 Å². The van der Waals surface area contributed by atoms with Crippen LogP contribution in [0.5, 0.6) is 0 Å². The first-order chi connectivity index (χ1) is 32.2. The number of aromatic nitrogens is 4. The van der Waals surface area contributed by atoms with Crippen LogP contribution >= 0.6 is 0 Å². The van der Waals surface area contributed by atoms with Crippen LogP contribution in [0.15, 0.2) is 60.9 Å². The first-order valence-corrected chi connectivity index (χ1v) is 25.1. The van der Waals surface area contributed by atoms with Crippen LogP contribution in [-0.4, -0.2) is 66.2 Å². The van der Waals surface area contributed by atoms with Crippen LogP contribution < -0.4 is 21.3 Å². The van der Waals surface area contributed by atoms with Gasteiger partial charge in [-0.2, -0.15) is 0 Å². The molecule has 2 atom stereocenters. The smallest absolute Gasteiger partial charge is 0.408 e. The van der Waals surface area contributed by atoms with Gasteiger partial charge in [0.25, 0.3) is 0 Å². The van der Waals surface area contributed by atoms with E-state index >= 15 is 0 Å². The molecular weight excluding hydrogens is 881 g/mol. The summed E-state index contributed by atoms with van der Waals surface area (Å²) < 4.78 is 11.3. The van der Waals surface area contributed by atoms with E-state index < -0.39 is 57.4 Å². The minimum atomic E-state index is -1.11. The molecule has 2 aromatic heterocycles. The lowest BCUT2D eigenvalue weighted by Crippen LogP contribution is -2.62. The number of ether oxygens (including phenoxy) is 2. The second kappa shape index (κ2) is 19.5. The molecular formula is C56H82N8O6. The molecule has 4 amide bonds. The van der Waals surface area contributed by atoms with E-state index in [4.69, 9.17) is 19.4 Å². The van der Waals surface area contributed by atoms with Crippen LogP contribution in [0.25, 0.3) is 33.6 Å². The highest BCUT2D eigenvalue weighted by Crippen LogP contribution is 2.44. The molecule has 2 aromatic carbocycles. The minimum absolute atomic E-state index is 0.0611. The quantitative estimate of drug-likeness (QED) is 0.0855. The summed E-state index contributed by atoms with van der Waals surface area (Å²) in [5.74, 6) is 0.778. The van der Waals surface area contributed by atoms with Crippen molar-refractivity contribution in [2.45, 2.75) is 197 Å². The fourth-order valence-corrected chi connectivity index (χ4v) is 9.38. The van der Waals surface area contributed by atoms with Crippen LogP contribution in [0, 0.1) is 21.7 Å². The Kier molecular flexibility index (Phi) is 15.0. The normalized spacial score (nSPS) is 18.7. The average Bonchev–Trinajstić information content (AvgIpc) is 3.93. The third kappa shape index (κ3) is 13.4. The molecule has 70 heavy (non-hydrogen) atoms. The number of nitrogens with zero attached hydrogens (tertiary/aromatic N) is 2. The molecule has 2 saturated carbocycles. The van der Waals surface area contributed by atoms with Gasteiger partial charge in [0, 0.05) is 23.5 Å². The molecule has 0 bridgehead atoms. The Labute approximate surface area is 416 Å². The molecule has 382 valence electrons. The summed E-state index contributed by atoms with van der Waals surface area (Å²) in [5, 5.41) is 12.6. The maximum absolute atomic E-state index is 14.4. The summed E-state index contributed by atoms with van der Waals surface area (Å²) in [7, 11) is 0. The lowest BCUT2D eigenvalue weighted by atomic mass is 9.69. The van der Waals surface area contributed by atoms with Crippen molar-refractivity contribution in [3.8, 4) is 33.6 Å². The zero-order valence-electron chi connectivity index (χ0n) is 44.9. The Hall–Kier alpha value is -5.66. The van der Waals surface area contributed by atoms with Gasteiger partial charge in [-0.3, -0.25) is 9.59 Å². The third-order valence-electron chi connectivity index (χ3n) is 14.0. The van der Waals surface area contributed by atoms with Crippen molar-refractivity contribution in [1.29, 1.82) is 0 Å². The van der Waals surface area contributed by atoms with E-state index in [1.807, 2.05) is 78.2 Å². The summed E-state index contributed by atoms with van der Waals surface area (Å²) in [5.41, 5.74) is 1.07. The van der Waals surface area contributed by atoms with Crippen LogP contribution in [0.2, 0.25) is 0 Å². The van der Waals surface area contributed by atoms with E-state index in [9.17, 15) is 19.2 Å². The van der Waals surface area contributed by atoms with E-state index in [0.717, 1.165) is 59.3 Å². The second-order valence-electron chi connectivity index (χ2n) is 25.8. The number of carbonyl (C=O) groups is 4. The number of alkyl carbamates (subject to hydrolysis) is 2. The van der Waals surface area contributed by atoms with Crippen molar-refractivity contribution in [2.24, 2.45) is 21.7 Å². The van der Waals surface area contributed by atoms with Crippen molar-refractivity contribution in [1.82, 2.24) is 41.2 Å². The van der Waals surface area contributed by atoms with Crippen LogP contribution in [0.3, 0.4) is 0 Å². The maximum atomic E-state index is 14.4. The van der Waals surface area contributed by atoms with Crippen LogP contribution in [-0.2, 0) is 19.1 Å². The molecule has 4 aromatic rings. The second-order valence-corrected chi connectivity index (χ2v) is 25.8. The Balaban J connectivity index is 1.15. The van der Waals surface area contributed by atoms with E-state index in [0.29, 0.717) is 37.3 Å². The third-order valence-corrected chi connectivity index (χ3v) is 14.0. The van der Waals surface area contributed by atoms with Gasteiger partial charge in [0.15, 0.2) is 0 Å². The molecule has 2 aliphatic rings. The Morgan fingerprint density at radius 2 is 0.771 bits per heavy atom. The minimum Gasteiger partial charge on any atom is -0.444 e. The number of rotatable bonds is 11. The van der Waals surface area contributed by atoms with Gasteiger partial charge in [0.2, 0.25) is 11.8 Å². The lowest BCUT2D eigenvalue weighted by Gasteiger charge is -2.44. The van der Waals surface area contributed by atoms with E-state index in [-0.39, 0.29) is 22.6 Å². The fraction of sp³-hybridized carbons (Fsp3) is 0.607. The van der Waals surface area contributed by atoms with E-state index in [1.165, 1.54) is 0 Å². The predicted molar refractivity (Wildman–Crippen MR) is 276 cm³/mol. The number of carbonyl (C=O) groups excluding carboxylic acids is 4. The molecule has 2 fully saturated rings. The van der Waals surface area contributed by atoms with Gasteiger partial charge < -0.3 is 40.7 Å². The molecule has 14 heteroatoms. The highest BCUT2D eigenvalue weighted by molar-refractivity contribution is 5.91. The van der Waals surface area contributed by atoms with Gasteiger partial charge in [-0.25, -0.2) is 19.6 Å². The molecule has 14 nitrogen and oxygen atoms in total. The first-order valence-electron chi connectivity index (χ1n) is 25.1. The van der Waals surface area contributed by atoms with Crippen molar-refractivity contribution >= 4 is 24.0 Å². The zero-order chi connectivity index (χ0) is 51.9. The van der Waals surface area contributed by atoms with Gasteiger partial charge in [-0.1, -0.05) is 118 Å². The molecule has 2 aliphatic carbocycles. The highest BCUT2D eigenvalue weighted by Gasteiger charge is 2.49. The van der Waals surface area contributed by atoms with Crippen molar-refractivity contribution in [3.05, 3.63) is 72.6 Å².